The number of nitrogens with zero attached hydrogens (tertiary/aromatic N) is 1. The molecular formula is C16H20N2. The first-order valence-corrected chi connectivity index (χ1v) is 6.57. The molecule has 0 spiro atoms. The Morgan fingerprint density at radius 2 is 1.83 bits per heavy atom. The van der Waals surface area contributed by atoms with Crippen LogP contribution in [0.1, 0.15) is 24.6 Å². The zero-order valence-electron chi connectivity index (χ0n) is 10.9. The van der Waals surface area contributed by atoms with Gasteiger partial charge >= 0.3 is 0 Å². The summed E-state index contributed by atoms with van der Waals surface area (Å²) in [4.78, 5) is 4.38. The standard InChI is InChI=1S/C16H20N2/c1-2-13-5-7-14(8-6-13)15-9-11-18-16(12-15)4-3-10-17/h5-9,11-12H,2-4,10,17H2,1H3. The second-order valence-electron chi connectivity index (χ2n) is 4.48. The number of pyridine rings is 1. The number of aryl methyl sites for hydroxylation is 2. The maximum absolute atomic E-state index is 5.53. The Bertz CT molecular complexity index is 489. The molecule has 94 valence electrons. The molecule has 0 aliphatic carbocycles. The number of rotatable bonds is 5. The van der Waals surface area contributed by atoms with Crippen molar-refractivity contribution >= 4 is 0 Å². The summed E-state index contributed by atoms with van der Waals surface area (Å²) >= 11 is 0. The Kier molecular flexibility index (Phi) is 4.48. The molecule has 0 fully saturated rings. The maximum atomic E-state index is 5.53. The zero-order chi connectivity index (χ0) is 12.8. The summed E-state index contributed by atoms with van der Waals surface area (Å²) in [5, 5.41) is 0. The van der Waals surface area contributed by atoms with Crippen LogP contribution in [-0.4, -0.2) is 11.5 Å². The van der Waals surface area contributed by atoms with Crippen molar-refractivity contribution in [2.75, 3.05) is 6.54 Å². The maximum Gasteiger partial charge on any atom is 0.0410 e. The lowest BCUT2D eigenvalue weighted by atomic mass is 10.0. The average molecular weight is 240 g/mol. The predicted molar refractivity (Wildman–Crippen MR) is 76.4 cm³/mol. The van der Waals surface area contributed by atoms with Crippen LogP contribution in [-0.2, 0) is 12.8 Å². The van der Waals surface area contributed by atoms with Gasteiger partial charge in [0.2, 0.25) is 0 Å². The fraction of sp³-hybridized carbons (Fsp3) is 0.312. The lowest BCUT2D eigenvalue weighted by Gasteiger charge is -2.05. The molecule has 2 aromatic rings. The number of benzene rings is 1. The zero-order valence-corrected chi connectivity index (χ0v) is 10.9. The van der Waals surface area contributed by atoms with Gasteiger partial charge in [-0.05, 0) is 54.6 Å². The SMILES string of the molecule is CCc1ccc(-c2ccnc(CCCN)c2)cc1. The van der Waals surface area contributed by atoms with E-state index in [1.165, 1.54) is 16.7 Å². The first-order chi connectivity index (χ1) is 8.83. The summed E-state index contributed by atoms with van der Waals surface area (Å²) in [5.41, 5.74) is 10.5. The predicted octanol–water partition coefficient (Wildman–Crippen LogP) is 3.20. The number of hydrogen-bond acceptors (Lipinski definition) is 2. The molecule has 2 heteroatoms. The molecule has 2 rings (SSSR count). The summed E-state index contributed by atoms with van der Waals surface area (Å²) in [6.07, 6.45) is 4.91. The minimum Gasteiger partial charge on any atom is -0.330 e. The summed E-state index contributed by atoms with van der Waals surface area (Å²) in [6.45, 7) is 2.89. The van der Waals surface area contributed by atoms with Gasteiger partial charge in [0.15, 0.2) is 0 Å². The molecule has 0 saturated heterocycles. The minimum atomic E-state index is 0.719. The van der Waals surface area contributed by atoms with Crippen molar-refractivity contribution in [2.45, 2.75) is 26.2 Å². The van der Waals surface area contributed by atoms with E-state index in [1.54, 1.807) is 0 Å². The van der Waals surface area contributed by atoms with Crippen LogP contribution in [0.2, 0.25) is 0 Å². The molecule has 2 nitrogen and oxygen atoms in total. The Hall–Kier alpha value is -1.67. The van der Waals surface area contributed by atoms with Gasteiger partial charge in [0.25, 0.3) is 0 Å². The first-order valence-electron chi connectivity index (χ1n) is 6.57. The van der Waals surface area contributed by atoms with Gasteiger partial charge in [-0.25, -0.2) is 0 Å². The van der Waals surface area contributed by atoms with E-state index in [4.69, 9.17) is 5.73 Å². The van der Waals surface area contributed by atoms with Gasteiger partial charge in [0, 0.05) is 11.9 Å². The molecule has 0 atom stereocenters. The van der Waals surface area contributed by atoms with Crippen molar-refractivity contribution in [2.24, 2.45) is 5.73 Å². The summed E-state index contributed by atoms with van der Waals surface area (Å²) in [7, 11) is 0. The van der Waals surface area contributed by atoms with Gasteiger partial charge in [-0.3, -0.25) is 4.98 Å². The largest absolute Gasteiger partial charge is 0.330 e. The topological polar surface area (TPSA) is 38.9 Å². The smallest absolute Gasteiger partial charge is 0.0410 e. The Labute approximate surface area is 109 Å². The van der Waals surface area contributed by atoms with Crippen molar-refractivity contribution in [3.8, 4) is 11.1 Å². The molecule has 0 amide bonds. The van der Waals surface area contributed by atoms with E-state index in [0.29, 0.717) is 0 Å². The van der Waals surface area contributed by atoms with Crippen molar-refractivity contribution in [1.82, 2.24) is 4.98 Å². The quantitative estimate of drug-likeness (QED) is 0.871. The van der Waals surface area contributed by atoms with E-state index >= 15 is 0 Å². The van der Waals surface area contributed by atoms with E-state index in [-0.39, 0.29) is 0 Å². The molecule has 0 bridgehead atoms. The van der Waals surface area contributed by atoms with Gasteiger partial charge in [-0.1, -0.05) is 31.2 Å². The highest BCUT2D eigenvalue weighted by atomic mass is 14.7. The molecule has 0 aliphatic rings. The fourth-order valence-electron chi connectivity index (χ4n) is 2.01. The monoisotopic (exact) mass is 240 g/mol. The molecule has 0 unspecified atom stereocenters. The second-order valence-corrected chi connectivity index (χ2v) is 4.48. The van der Waals surface area contributed by atoms with Crippen LogP contribution >= 0.6 is 0 Å². The van der Waals surface area contributed by atoms with Crippen molar-refractivity contribution in [3.05, 3.63) is 53.9 Å². The second kappa shape index (κ2) is 6.31. The third kappa shape index (κ3) is 3.17. The van der Waals surface area contributed by atoms with Gasteiger partial charge in [0.05, 0.1) is 0 Å². The van der Waals surface area contributed by atoms with Crippen LogP contribution in [0.3, 0.4) is 0 Å². The highest BCUT2D eigenvalue weighted by Crippen LogP contribution is 2.20. The Morgan fingerprint density at radius 3 is 2.50 bits per heavy atom. The molecule has 0 saturated carbocycles. The third-order valence-corrected chi connectivity index (χ3v) is 3.15. The van der Waals surface area contributed by atoms with Crippen LogP contribution in [0.5, 0.6) is 0 Å². The van der Waals surface area contributed by atoms with Gasteiger partial charge < -0.3 is 5.73 Å². The first kappa shape index (κ1) is 12.8. The van der Waals surface area contributed by atoms with E-state index in [2.05, 4.69) is 48.3 Å². The van der Waals surface area contributed by atoms with Gasteiger partial charge in [0.1, 0.15) is 0 Å². The summed E-state index contributed by atoms with van der Waals surface area (Å²) in [6, 6.07) is 13.0. The van der Waals surface area contributed by atoms with Crippen molar-refractivity contribution in [3.63, 3.8) is 0 Å². The van der Waals surface area contributed by atoms with E-state index in [9.17, 15) is 0 Å². The molecule has 1 heterocycles. The minimum absolute atomic E-state index is 0.719. The number of nitrogens with two attached hydrogens (primary N) is 1. The lowest BCUT2D eigenvalue weighted by molar-refractivity contribution is 0.811. The van der Waals surface area contributed by atoms with E-state index < -0.39 is 0 Å². The van der Waals surface area contributed by atoms with Crippen LogP contribution in [0, 0.1) is 0 Å². The van der Waals surface area contributed by atoms with Gasteiger partial charge in [-0.2, -0.15) is 0 Å². The van der Waals surface area contributed by atoms with Crippen molar-refractivity contribution in [1.29, 1.82) is 0 Å². The highest BCUT2D eigenvalue weighted by molar-refractivity contribution is 5.63. The molecule has 0 aliphatic heterocycles. The molecular weight excluding hydrogens is 220 g/mol. The average Bonchev–Trinajstić information content (AvgIpc) is 2.45. The fourth-order valence-corrected chi connectivity index (χ4v) is 2.01. The van der Waals surface area contributed by atoms with Crippen LogP contribution in [0.15, 0.2) is 42.6 Å². The molecule has 18 heavy (non-hydrogen) atoms. The Morgan fingerprint density at radius 1 is 1.06 bits per heavy atom. The normalized spacial score (nSPS) is 10.6. The summed E-state index contributed by atoms with van der Waals surface area (Å²) in [5.74, 6) is 0. The van der Waals surface area contributed by atoms with Gasteiger partial charge in [-0.15, -0.1) is 0 Å². The van der Waals surface area contributed by atoms with Crippen LogP contribution in [0.4, 0.5) is 0 Å². The van der Waals surface area contributed by atoms with Crippen LogP contribution < -0.4 is 5.73 Å². The molecule has 1 aromatic heterocycles. The molecule has 1 aromatic carbocycles. The van der Waals surface area contributed by atoms with E-state index in [0.717, 1.165) is 31.5 Å². The number of hydrogen-bond donors (Lipinski definition) is 1. The number of aromatic nitrogens is 1. The molecule has 2 N–H and O–H groups in total. The van der Waals surface area contributed by atoms with Crippen LogP contribution in [0.25, 0.3) is 11.1 Å². The van der Waals surface area contributed by atoms with Crippen molar-refractivity contribution < 1.29 is 0 Å². The Balaban J connectivity index is 2.20. The third-order valence-electron chi connectivity index (χ3n) is 3.15. The highest BCUT2D eigenvalue weighted by Gasteiger charge is 2.00. The molecule has 0 radical (unpaired) electrons. The lowest BCUT2D eigenvalue weighted by Crippen LogP contribution is -2.01. The summed E-state index contributed by atoms with van der Waals surface area (Å²) < 4.78 is 0. The van der Waals surface area contributed by atoms with E-state index in [1.807, 2.05) is 6.20 Å².